The minimum absolute atomic E-state index is 0.720. The lowest BCUT2D eigenvalue weighted by Crippen LogP contribution is -2.07. The second kappa shape index (κ2) is 8.33. The van der Waals surface area contributed by atoms with Gasteiger partial charge < -0.3 is 9.88 Å². The molecule has 1 aliphatic rings. The Balaban J connectivity index is 1.53. The summed E-state index contributed by atoms with van der Waals surface area (Å²) in [4.78, 5) is 4.59. The monoisotopic (exact) mass is 277 g/mol. The lowest BCUT2D eigenvalue weighted by Gasteiger charge is -2.08. The van der Waals surface area contributed by atoms with E-state index in [9.17, 15) is 0 Å². The Morgan fingerprint density at radius 3 is 2.40 bits per heavy atom. The van der Waals surface area contributed by atoms with Crippen molar-refractivity contribution < 1.29 is 0 Å². The van der Waals surface area contributed by atoms with E-state index in [-0.39, 0.29) is 0 Å². The van der Waals surface area contributed by atoms with Gasteiger partial charge in [0.1, 0.15) is 0 Å². The van der Waals surface area contributed by atoms with Gasteiger partial charge in [-0.05, 0) is 26.2 Å². The number of anilines is 1. The average Bonchev–Trinajstić information content (AvgIpc) is 3.21. The fourth-order valence-corrected chi connectivity index (χ4v) is 2.74. The van der Waals surface area contributed by atoms with E-state index in [0.717, 1.165) is 24.2 Å². The van der Waals surface area contributed by atoms with E-state index in [1.54, 1.807) is 0 Å². The van der Waals surface area contributed by atoms with Gasteiger partial charge in [-0.1, -0.05) is 51.9 Å². The fraction of sp³-hybridized carbons (Fsp3) is 0.824. The highest BCUT2D eigenvalue weighted by atomic mass is 15.2. The van der Waals surface area contributed by atoms with Gasteiger partial charge in [0.25, 0.3) is 0 Å². The third-order valence-corrected chi connectivity index (χ3v) is 4.11. The van der Waals surface area contributed by atoms with E-state index in [2.05, 4.69) is 34.9 Å². The molecule has 114 valence electrons. The van der Waals surface area contributed by atoms with Gasteiger partial charge in [0.05, 0.1) is 5.69 Å². The van der Waals surface area contributed by atoms with Gasteiger partial charge >= 0.3 is 0 Å². The summed E-state index contributed by atoms with van der Waals surface area (Å²) in [5.41, 5.74) is 1.13. The molecule has 0 spiro atoms. The molecule has 1 saturated carbocycles. The maximum absolute atomic E-state index is 4.59. The Bertz CT molecular complexity index is 380. The van der Waals surface area contributed by atoms with Gasteiger partial charge in [-0.25, -0.2) is 4.98 Å². The zero-order chi connectivity index (χ0) is 14.2. The van der Waals surface area contributed by atoms with Gasteiger partial charge in [-0.15, -0.1) is 0 Å². The zero-order valence-corrected chi connectivity index (χ0v) is 13.3. The van der Waals surface area contributed by atoms with Crippen LogP contribution in [0.25, 0.3) is 0 Å². The van der Waals surface area contributed by atoms with Crippen molar-refractivity contribution in [2.75, 3.05) is 11.9 Å². The second-order valence-corrected chi connectivity index (χ2v) is 6.25. The molecule has 0 atom stereocenters. The van der Waals surface area contributed by atoms with Crippen LogP contribution < -0.4 is 5.32 Å². The molecule has 20 heavy (non-hydrogen) atoms. The van der Waals surface area contributed by atoms with Crippen molar-refractivity contribution in [1.29, 1.82) is 0 Å². The van der Waals surface area contributed by atoms with Crippen LogP contribution in [0.3, 0.4) is 0 Å². The van der Waals surface area contributed by atoms with Crippen LogP contribution in [0.15, 0.2) is 6.20 Å². The smallest absolute Gasteiger partial charge is 0.203 e. The first-order chi connectivity index (χ1) is 9.81. The number of nitrogens with zero attached hydrogens (tertiary/aromatic N) is 2. The Kier molecular flexibility index (Phi) is 6.41. The molecule has 0 aliphatic heterocycles. The first kappa shape index (κ1) is 15.4. The molecule has 0 saturated heterocycles. The highest BCUT2D eigenvalue weighted by molar-refractivity contribution is 5.30. The normalized spacial score (nSPS) is 14.7. The van der Waals surface area contributed by atoms with Gasteiger partial charge in [0.2, 0.25) is 5.95 Å². The molecule has 1 N–H and O–H groups in total. The molecular formula is C17H31N3. The van der Waals surface area contributed by atoms with Crippen molar-refractivity contribution in [2.24, 2.45) is 0 Å². The Hall–Kier alpha value is -0.990. The maximum Gasteiger partial charge on any atom is 0.203 e. The fourth-order valence-electron chi connectivity index (χ4n) is 2.74. The summed E-state index contributed by atoms with van der Waals surface area (Å²) in [5.74, 6) is 1.09. The minimum Gasteiger partial charge on any atom is -0.356 e. The minimum atomic E-state index is 0.720. The molecule has 1 aliphatic carbocycles. The van der Waals surface area contributed by atoms with E-state index in [0.29, 0.717) is 0 Å². The number of nitrogens with one attached hydrogen (secondary N) is 1. The quantitative estimate of drug-likeness (QED) is 0.572. The summed E-state index contributed by atoms with van der Waals surface area (Å²) in [6, 6.07) is 0.720. The lowest BCUT2D eigenvalue weighted by atomic mass is 10.1. The standard InChI is InChI=1S/C17H31N3/c1-3-4-5-6-7-8-9-10-13-18-17-19-15(2)14-20(17)16-11-12-16/h14,16H,3-13H2,1-2H3,(H,18,19). The molecule has 0 aromatic carbocycles. The Morgan fingerprint density at radius 1 is 1.10 bits per heavy atom. The van der Waals surface area contributed by atoms with Crippen molar-refractivity contribution >= 4 is 5.95 Å². The lowest BCUT2D eigenvalue weighted by molar-refractivity contribution is 0.580. The van der Waals surface area contributed by atoms with E-state index < -0.39 is 0 Å². The van der Waals surface area contributed by atoms with E-state index in [4.69, 9.17) is 0 Å². The number of hydrogen-bond acceptors (Lipinski definition) is 2. The topological polar surface area (TPSA) is 29.9 Å². The summed E-state index contributed by atoms with van der Waals surface area (Å²) in [6.45, 7) is 5.43. The molecule has 0 bridgehead atoms. The van der Waals surface area contributed by atoms with E-state index in [1.165, 1.54) is 64.2 Å². The van der Waals surface area contributed by atoms with Crippen LogP contribution in [-0.4, -0.2) is 16.1 Å². The summed E-state index contributed by atoms with van der Waals surface area (Å²) in [5, 5.41) is 3.52. The van der Waals surface area contributed by atoms with Crippen LogP contribution >= 0.6 is 0 Å². The van der Waals surface area contributed by atoms with Crippen LogP contribution in [0, 0.1) is 6.92 Å². The van der Waals surface area contributed by atoms with Crippen molar-refractivity contribution in [2.45, 2.75) is 84.1 Å². The van der Waals surface area contributed by atoms with E-state index in [1.807, 2.05) is 0 Å². The van der Waals surface area contributed by atoms with Crippen molar-refractivity contribution in [1.82, 2.24) is 9.55 Å². The molecule has 1 aromatic rings. The molecule has 1 heterocycles. The van der Waals surface area contributed by atoms with Crippen LogP contribution in [0.5, 0.6) is 0 Å². The van der Waals surface area contributed by atoms with Crippen LogP contribution in [0.4, 0.5) is 5.95 Å². The molecule has 2 rings (SSSR count). The van der Waals surface area contributed by atoms with Gasteiger partial charge in [0, 0.05) is 18.8 Å². The van der Waals surface area contributed by atoms with Gasteiger partial charge in [-0.3, -0.25) is 0 Å². The first-order valence-electron chi connectivity index (χ1n) is 8.60. The Morgan fingerprint density at radius 2 is 1.75 bits per heavy atom. The Labute approximate surface area is 124 Å². The number of hydrogen-bond donors (Lipinski definition) is 1. The SMILES string of the molecule is CCCCCCCCCCNc1nc(C)cn1C1CC1. The van der Waals surface area contributed by atoms with E-state index >= 15 is 0 Å². The molecule has 0 amide bonds. The van der Waals surface area contributed by atoms with Crippen molar-refractivity contribution in [3.8, 4) is 0 Å². The summed E-state index contributed by atoms with van der Waals surface area (Å²) in [7, 11) is 0. The van der Waals surface area contributed by atoms with Crippen LogP contribution in [-0.2, 0) is 0 Å². The van der Waals surface area contributed by atoms with Gasteiger partial charge in [-0.2, -0.15) is 0 Å². The van der Waals surface area contributed by atoms with Crippen molar-refractivity contribution in [3.63, 3.8) is 0 Å². The molecule has 1 fully saturated rings. The van der Waals surface area contributed by atoms with Crippen LogP contribution in [0.2, 0.25) is 0 Å². The van der Waals surface area contributed by atoms with Crippen molar-refractivity contribution in [3.05, 3.63) is 11.9 Å². The predicted molar refractivity (Wildman–Crippen MR) is 86.3 cm³/mol. The number of unbranched alkanes of at least 4 members (excludes halogenated alkanes) is 7. The molecule has 3 nitrogen and oxygen atoms in total. The zero-order valence-electron chi connectivity index (χ0n) is 13.3. The third-order valence-electron chi connectivity index (χ3n) is 4.11. The maximum atomic E-state index is 4.59. The molecule has 0 radical (unpaired) electrons. The third kappa shape index (κ3) is 5.18. The highest BCUT2D eigenvalue weighted by Gasteiger charge is 2.25. The number of imidazole rings is 1. The summed E-state index contributed by atoms with van der Waals surface area (Å²) >= 11 is 0. The molecule has 3 heteroatoms. The summed E-state index contributed by atoms with van der Waals surface area (Å²) < 4.78 is 2.33. The first-order valence-corrected chi connectivity index (χ1v) is 8.60. The summed E-state index contributed by atoms with van der Waals surface area (Å²) in [6.07, 6.45) is 15.9. The van der Waals surface area contributed by atoms with Gasteiger partial charge in [0.15, 0.2) is 0 Å². The highest BCUT2D eigenvalue weighted by Crippen LogP contribution is 2.37. The molecule has 1 aromatic heterocycles. The number of aromatic nitrogens is 2. The average molecular weight is 277 g/mol. The molecular weight excluding hydrogens is 246 g/mol. The second-order valence-electron chi connectivity index (χ2n) is 6.25. The predicted octanol–water partition coefficient (Wildman–Crippen LogP) is 5.08. The number of aryl methyl sites for hydroxylation is 1. The molecule has 0 unspecified atom stereocenters. The number of rotatable bonds is 11. The van der Waals surface area contributed by atoms with Crippen LogP contribution in [0.1, 0.15) is 82.9 Å². The largest absolute Gasteiger partial charge is 0.356 e.